The molecule has 0 radical (unpaired) electrons. The van der Waals surface area contributed by atoms with Crippen LogP contribution < -0.4 is 16.1 Å². The van der Waals surface area contributed by atoms with Gasteiger partial charge in [-0.05, 0) is 25.0 Å². The first kappa shape index (κ1) is 26.7. The van der Waals surface area contributed by atoms with E-state index < -0.39 is 23.2 Å². The molecule has 0 spiro atoms. The number of fused-ring (bicyclic) bond motifs is 1. The van der Waals surface area contributed by atoms with E-state index in [1.807, 2.05) is 4.90 Å². The Balaban J connectivity index is 1.52. The third kappa shape index (κ3) is 4.75. The number of carbonyl (C=O) groups is 2. The quantitative estimate of drug-likeness (QED) is 0.509. The maximum Gasteiger partial charge on any atom is 0.407 e. The number of aromatic nitrogens is 4. The number of hydrogen-bond donors (Lipinski definition) is 1. The maximum absolute atomic E-state index is 14.8. The zero-order valence-electron chi connectivity index (χ0n) is 21.6. The number of rotatable bonds is 4. The van der Waals surface area contributed by atoms with Gasteiger partial charge in [0.15, 0.2) is 11.2 Å². The predicted molar refractivity (Wildman–Crippen MR) is 142 cm³/mol. The van der Waals surface area contributed by atoms with E-state index in [1.54, 1.807) is 15.5 Å². The number of aryl methyl sites for hydroxylation is 1. The highest BCUT2D eigenvalue weighted by Crippen LogP contribution is 2.29. The molecule has 0 aliphatic carbocycles. The van der Waals surface area contributed by atoms with Gasteiger partial charge in [0.05, 0.1) is 12.5 Å². The van der Waals surface area contributed by atoms with Gasteiger partial charge in [0.25, 0.3) is 5.56 Å². The standard InChI is InChI=1S/C25H29ClFN7O5/c1-29-20-19(22(36)30(2)24(29)37)34(14-16-17(26)6-3-7-18(16)27)23(28-20)33-8-4-5-15(13-33)21(35)31-9-11-32(12-10-31)25(38)39/h3,6-7,15H,4-5,8-14H2,1-2H3,(H,38,39). The van der Waals surface area contributed by atoms with Crippen LogP contribution in [0, 0.1) is 11.7 Å². The van der Waals surface area contributed by atoms with Crippen molar-refractivity contribution >= 4 is 40.7 Å². The Morgan fingerprint density at radius 3 is 2.44 bits per heavy atom. The first-order valence-electron chi connectivity index (χ1n) is 12.7. The lowest BCUT2D eigenvalue weighted by Gasteiger charge is -2.38. The first-order valence-corrected chi connectivity index (χ1v) is 13.1. The summed E-state index contributed by atoms with van der Waals surface area (Å²) in [6.45, 7) is 1.91. The molecule has 14 heteroatoms. The Labute approximate surface area is 227 Å². The van der Waals surface area contributed by atoms with Crippen LogP contribution in [-0.4, -0.2) is 84.9 Å². The highest BCUT2D eigenvalue weighted by Gasteiger charge is 2.34. The summed E-state index contributed by atoms with van der Waals surface area (Å²) in [5.74, 6) is -0.625. The number of carbonyl (C=O) groups excluding carboxylic acids is 1. The average molecular weight is 562 g/mol. The van der Waals surface area contributed by atoms with Gasteiger partial charge in [-0.2, -0.15) is 4.98 Å². The molecule has 1 atom stereocenters. The zero-order chi connectivity index (χ0) is 28.0. The normalized spacial score (nSPS) is 18.2. The van der Waals surface area contributed by atoms with Crippen LogP contribution in [0.15, 0.2) is 27.8 Å². The Hall–Kier alpha value is -3.87. The number of hydrogen-bond acceptors (Lipinski definition) is 6. The van der Waals surface area contributed by atoms with E-state index in [0.717, 1.165) is 4.57 Å². The van der Waals surface area contributed by atoms with Gasteiger partial charge in [-0.15, -0.1) is 0 Å². The molecule has 2 aromatic heterocycles. The number of benzene rings is 1. The summed E-state index contributed by atoms with van der Waals surface area (Å²) in [5, 5.41) is 9.39. The minimum atomic E-state index is -1.000. The molecule has 2 saturated heterocycles. The van der Waals surface area contributed by atoms with Crippen LogP contribution in [0.3, 0.4) is 0 Å². The summed E-state index contributed by atoms with van der Waals surface area (Å²) in [7, 11) is 2.89. The fourth-order valence-electron chi connectivity index (χ4n) is 5.40. The second-order valence-electron chi connectivity index (χ2n) is 9.96. The molecule has 39 heavy (non-hydrogen) atoms. The van der Waals surface area contributed by atoms with Crippen molar-refractivity contribution in [3.05, 3.63) is 55.4 Å². The highest BCUT2D eigenvalue weighted by atomic mass is 35.5. The van der Waals surface area contributed by atoms with Crippen LogP contribution in [0.5, 0.6) is 0 Å². The molecule has 208 valence electrons. The van der Waals surface area contributed by atoms with Gasteiger partial charge in [0.2, 0.25) is 11.9 Å². The van der Waals surface area contributed by atoms with Gasteiger partial charge in [-0.1, -0.05) is 17.7 Å². The lowest BCUT2D eigenvalue weighted by molar-refractivity contribution is -0.137. The molecule has 1 unspecified atom stereocenters. The number of piperidine rings is 1. The second kappa shape index (κ2) is 10.4. The number of carboxylic acid groups (broad SMARTS) is 1. The van der Waals surface area contributed by atoms with E-state index in [1.165, 1.54) is 35.7 Å². The summed E-state index contributed by atoms with van der Waals surface area (Å²) in [5.41, 5.74) is -0.646. The summed E-state index contributed by atoms with van der Waals surface area (Å²) in [6, 6.07) is 4.34. The molecule has 2 aliphatic heterocycles. The van der Waals surface area contributed by atoms with Crippen LogP contribution in [0.25, 0.3) is 11.2 Å². The van der Waals surface area contributed by atoms with E-state index in [2.05, 4.69) is 4.98 Å². The fraction of sp³-hybridized carbons (Fsp3) is 0.480. The Bertz CT molecular complexity index is 1550. The largest absolute Gasteiger partial charge is 0.465 e. The minimum absolute atomic E-state index is 0.0622. The molecule has 3 aromatic rings. The number of halogens is 2. The Morgan fingerprint density at radius 2 is 1.77 bits per heavy atom. The predicted octanol–water partition coefficient (Wildman–Crippen LogP) is 1.31. The molecular weight excluding hydrogens is 533 g/mol. The Kier molecular flexibility index (Phi) is 7.10. The number of anilines is 1. The van der Waals surface area contributed by atoms with Crippen molar-refractivity contribution < 1.29 is 19.1 Å². The molecule has 2 amide bonds. The molecule has 2 aliphatic rings. The van der Waals surface area contributed by atoms with Crippen molar-refractivity contribution in [2.45, 2.75) is 19.4 Å². The first-order chi connectivity index (χ1) is 18.6. The van der Waals surface area contributed by atoms with Crippen molar-refractivity contribution in [1.29, 1.82) is 0 Å². The molecule has 4 heterocycles. The lowest BCUT2D eigenvalue weighted by atomic mass is 9.96. The maximum atomic E-state index is 14.8. The molecule has 12 nitrogen and oxygen atoms in total. The van der Waals surface area contributed by atoms with Crippen molar-refractivity contribution in [3.63, 3.8) is 0 Å². The third-order valence-corrected chi connectivity index (χ3v) is 7.98. The number of imidazole rings is 1. The van der Waals surface area contributed by atoms with Gasteiger partial charge >= 0.3 is 11.8 Å². The molecule has 0 saturated carbocycles. The summed E-state index contributed by atoms with van der Waals surface area (Å²) in [4.78, 5) is 60.1. The fourth-order valence-corrected chi connectivity index (χ4v) is 5.63. The molecule has 5 rings (SSSR count). The number of nitrogens with zero attached hydrogens (tertiary/aromatic N) is 7. The molecule has 1 aromatic carbocycles. The van der Waals surface area contributed by atoms with Crippen LogP contribution >= 0.6 is 11.6 Å². The van der Waals surface area contributed by atoms with Crippen LogP contribution in [0.1, 0.15) is 18.4 Å². The number of piperazine rings is 1. The van der Waals surface area contributed by atoms with Gasteiger partial charge in [0, 0.05) is 63.9 Å². The van der Waals surface area contributed by atoms with E-state index >= 15 is 0 Å². The smallest absolute Gasteiger partial charge is 0.407 e. The number of amides is 2. The van der Waals surface area contributed by atoms with Crippen molar-refractivity contribution in [2.24, 2.45) is 20.0 Å². The van der Waals surface area contributed by atoms with Crippen LogP contribution in [-0.2, 0) is 25.4 Å². The average Bonchev–Trinajstić information content (AvgIpc) is 3.32. The SMILES string of the molecule is Cn1c(=O)c2c(nc(N3CCCC(C(=O)N4CCN(C(=O)O)CC4)C3)n2Cc2c(F)cccc2Cl)n(C)c1=O. The van der Waals surface area contributed by atoms with Gasteiger partial charge in [0.1, 0.15) is 5.82 Å². The van der Waals surface area contributed by atoms with E-state index in [9.17, 15) is 28.7 Å². The topological polar surface area (TPSA) is 126 Å². The highest BCUT2D eigenvalue weighted by molar-refractivity contribution is 6.31. The second-order valence-corrected chi connectivity index (χ2v) is 10.4. The minimum Gasteiger partial charge on any atom is -0.465 e. The van der Waals surface area contributed by atoms with E-state index in [0.29, 0.717) is 45.0 Å². The monoisotopic (exact) mass is 561 g/mol. The summed E-state index contributed by atoms with van der Waals surface area (Å²) in [6.07, 6.45) is 0.320. The summed E-state index contributed by atoms with van der Waals surface area (Å²) >= 11 is 6.33. The van der Waals surface area contributed by atoms with Gasteiger partial charge in [-0.25, -0.2) is 14.0 Å². The van der Waals surface area contributed by atoms with E-state index in [-0.39, 0.29) is 53.2 Å². The lowest BCUT2D eigenvalue weighted by Crippen LogP contribution is -2.53. The summed E-state index contributed by atoms with van der Waals surface area (Å²) < 4.78 is 18.7. The van der Waals surface area contributed by atoms with Crippen molar-refractivity contribution in [3.8, 4) is 0 Å². The molecular formula is C25H29ClFN7O5. The molecule has 1 N–H and O–H groups in total. The third-order valence-electron chi connectivity index (χ3n) is 7.62. The van der Waals surface area contributed by atoms with E-state index in [4.69, 9.17) is 11.6 Å². The van der Waals surface area contributed by atoms with Crippen molar-refractivity contribution in [1.82, 2.24) is 28.5 Å². The van der Waals surface area contributed by atoms with Crippen molar-refractivity contribution in [2.75, 3.05) is 44.2 Å². The van der Waals surface area contributed by atoms with Gasteiger partial charge in [-0.3, -0.25) is 23.3 Å². The Morgan fingerprint density at radius 1 is 1.08 bits per heavy atom. The van der Waals surface area contributed by atoms with Crippen LogP contribution in [0.4, 0.5) is 15.1 Å². The van der Waals surface area contributed by atoms with Gasteiger partial charge < -0.3 is 19.8 Å². The molecule has 0 bridgehead atoms. The molecule has 2 fully saturated rings. The zero-order valence-corrected chi connectivity index (χ0v) is 22.4. The van der Waals surface area contributed by atoms with Crippen LogP contribution in [0.2, 0.25) is 5.02 Å².